The second-order valence-electron chi connectivity index (χ2n) is 7.71. The first-order chi connectivity index (χ1) is 15.8. The van der Waals surface area contributed by atoms with E-state index in [-0.39, 0.29) is 11.5 Å². The van der Waals surface area contributed by atoms with Gasteiger partial charge in [-0.2, -0.15) is 18.2 Å². The Morgan fingerprint density at radius 1 is 1.09 bits per heavy atom. The van der Waals surface area contributed by atoms with Crippen LogP contribution in [0.2, 0.25) is 0 Å². The molecule has 172 valence electrons. The van der Waals surface area contributed by atoms with Crippen LogP contribution in [0.25, 0.3) is 17.2 Å². The Hall–Kier alpha value is -3.00. The largest absolute Gasteiger partial charge is 0.496 e. The van der Waals surface area contributed by atoms with Crippen LogP contribution in [0.15, 0.2) is 58.1 Å². The minimum Gasteiger partial charge on any atom is -0.496 e. The normalized spacial score (nSPS) is 17.1. The average Bonchev–Trinajstić information content (AvgIpc) is 3.17. The molecule has 0 unspecified atom stereocenters. The van der Waals surface area contributed by atoms with Crippen LogP contribution in [0.3, 0.4) is 0 Å². The van der Waals surface area contributed by atoms with Gasteiger partial charge in [0.05, 0.1) is 12.7 Å². The Balaban J connectivity index is 1.58. The van der Waals surface area contributed by atoms with Crippen LogP contribution in [0.1, 0.15) is 11.1 Å². The number of alkyl halides is 3. The van der Waals surface area contributed by atoms with Crippen molar-refractivity contribution >= 4 is 28.9 Å². The van der Waals surface area contributed by atoms with Gasteiger partial charge in [-0.1, -0.05) is 36.1 Å². The number of rotatable bonds is 3. The Morgan fingerprint density at radius 3 is 2.52 bits per heavy atom. The van der Waals surface area contributed by atoms with Crippen molar-refractivity contribution < 1.29 is 22.7 Å². The molecule has 0 atom stereocenters. The summed E-state index contributed by atoms with van der Waals surface area (Å²) in [6.45, 7) is 3.44. The van der Waals surface area contributed by atoms with E-state index in [0.717, 1.165) is 32.2 Å². The highest BCUT2D eigenvalue weighted by Gasteiger charge is 2.34. The maximum Gasteiger partial charge on any atom is 0.417 e. The Kier molecular flexibility index (Phi) is 6.65. The second kappa shape index (κ2) is 9.47. The van der Waals surface area contributed by atoms with Crippen LogP contribution in [0.5, 0.6) is 5.75 Å². The third-order valence-corrected chi connectivity index (χ3v) is 6.51. The van der Waals surface area contributed by atoms with Crippen molar-refractivity contribution in [1.29, 1.82) is 0 Å². The zero-order valence-corrected chi connectivity index (χ0v) is 19.0. The van der Waals surface area contributed by atoms with Crippen molar-refractivity contribution in [1.82, 2.24) is 9.80 Å². The lowest BCUT2D eigenvalue weighted by Crippen LogP contribution is -2.46. The number of amides is 1. The molecule has 0 aromatic heterocycles. The molecule has 0 radical (unpaired) electrons. The van der Waals surface area contributed by atoms with E-state index < -0.39 is 11.7 Å². The van der Waals surface area contributed by atoms with Crippen LogP contribution >= 0.6 is 11.8 Å². The number of likely N-dealkylation sites (N-methyl/N-ethyl adjacent to an activating group) is 1. The van der Waals surface area contributed by atoms with Gasteiger partial charge in [-0.05, 0) is 48.1 Å². The van der Waals surface area contributed by atoms with Crippen LogP contribution < -0.4 is 4.74 Å². The van der Waals surface area contributed by atoms with E-state index in [4.69, 9.17) is 4.74 Å². The number of amidine groups is 1. The number of benzene rings is 2. The Labute approximate surface area is 194 Å². The fourth-order valence-corrected chi connectivity index (χ4v) is 4.53. The molecule has 0 bridgehead atoms. The minimum atomic E-state index is -4.48. The summed E-state index contributed by atoms with van der Waals surface area (Å²) in [5.74, 6) is -0.0418. The number of ether oxygens (including phenoxy) is 1. The highest BCUT2D eigenvalue weighted by Crippen LogP contribution is 2.40. The topological polar surface area (TPSA) is 45.1 Å². The van der Waals surface area contributed by atoms with Crippen molar-refractivity contribution in [2.24, 2.45) is 4.99 Å². The monoisotopic (exact) mass is 473 g/mol. The number of hydrogen-bond acceptors (Lipinski definition) is 5. The third-order valence-electron chi connectivity index (χ3n) is 5.48. The van der Waals surface area contributed by atoms with E-state index in [2.05, 4.69) is 27.6 Å². The number of carbonyl (C=O) groups excluding carboxylic acids is 1. The molecular weight excluding hydrogens is 451 g/mol. The molecule has 4 rings (SSSR count). The number of piperazine rings is 1. The van der Waals surface area contributed by atoms with Crippen LogP contribution in [-0.4, -0.2) is 61.2 Å². The maximum absolute atomic E-state index is 13.5. The number of halogens is 3. The van der Waals surface area contributed by atoms with Gasteiger partial charge in [0.25, 0.3) is 5.91 Å². The zero-order chi connectivity index (χ0) is 23.6. The maximum atomic E-state index is 13.5. The predicted octanol–water partition coefficient (Wildman–Crippen LogP) is 4.75. The lowest BCUT2D eigenvalue weighted by Gasteiger charge is -2.32. The highest BCUT2D eigenvalue weighted by molar-refractivity contribution is 8.18. The van der Waals surface area contributed by atoms with Crippen LogP contribution in [-0.2, 0) is 11.0 Å². The van der Waals surface area contributed by atoms with Crippen LogP contribution in [0, 0.1) is 0 Å². The van der Waals surface area contributed by atoms with E-state index in [9.17, 15) is 18.0 Å². The summed E-state index contributed by atoms with van der Waals surface area (Å²) in [5.41, 5.74) is 3.29. The number of aliphatic imine (C=N–C) groups is 1. The van der Waals surface area contributed by atoms with E-state index in [0.29, 0.717) is 26.9 Å². The zero-order valence-electron chi connectivity index (χ0n) is 18.1. The molecule has 9 heteroatoms. The molecule has 0 spiro atoms. The first kappa shape index (κ1) is 23.2. The average molecular weight is 474 g/mol. The van der Waals surface area contributed by atoms with Crippen LogP contribution in [0.4, 0.5) is 13.2 Å². The van der Waals surface area contributed by atoms with E-state index >= 15 is 0 Å². The molecule has 0 aliphatic carbocycles. The summed E-state index contributed by atoms with van der Waals surface area (Å²) in [6.07, 6.45) is -2.86. The summed E-state index contributed by atoms with van der Waals surface area (Å²) >= 11 is 1.29. The van der Waals surface area contributed by atoms with Gasteiger partial charge in [-0.3, -0.25) is 4.79 Å². The second-order valence-corrected chi connectivity index (χ2v) is 8.69. The molecule has 0 N–H and O–H groups in total. The molecule has 33 heavy (non-hydrogen) atoms. The van der Waals surface area contributed by atoms with Gasteiger partial charge in [0.2, 0.25) is 0 Å². The van der Waals surface area contributed by atoms with Gasteiger partial charge >= 0.3 is 6.18 Å². The molecule has 2 aromatic carbocycles. The quantitative estimate of drug-likeness (QED) is 0.476. The number of methoxy groups -OCH3 is 1. The molecule has 2 aliphatic rings. The van der Waals surface area contributed by atoms with Gasteiger partial charge < -0.3 is 14.5 Å². The first-order valence-electron chi connectivity index (χ1n) is 10.3. The van der Waals surface area contributed by atoms with Crippen molar-refractivity contribution in [3.05, 3.63) is 64.2 Å². The van der Waals surface area contributed by atoms with Crippen molar-refractivity contribution in [2.45, 2.75) is 6.18 Å². The Bertz CT molecular complexity index is 1160. The van der Waals surface area contributed by atoms with Gasteiger partial charge in [-0.25, -0.2) is 0 Å². The predicted molar refractivity (Wildman–Crippen MR) is 124 cm³/mol. The number of nitrogens with zero attached hydrogens (tertiary/aromatic N) is 3. The SMILES string of the molecule is COc1cc(C=C=C2SC(N3CCN(C)CC3)=NC2=O)ccc1-c1ccccc1C(F)(F)F. The number of thioether (sulfide) groups is 1. The van der Waals surface area contributed by atoms with E-state index in [1.54, 1.807) is 30.3 Å². The lowest BCUT2D eigenvalue weighted by atomic mass is 9.97. The number of hydrogen-bond donors (Lipinski definition) is 0. The molecule has 0 saturated carbocycles. The van der Waals surface area contributed by atoms with Gasteiger partial charge in [0.1, 0.15) is 10.7 Å². The van der Waals surface area contributed by atoms with E-state index in [1.807, 2.05) is 0 Å². The number of carbonyl (C=O) groups is 1. The third kappa shape index (κ3) is 5.16. The summed E-state index contributed by atoms with van der Waals surface area (Å²) < 4.78 is 45.7. The molecule has 5 nitrogen and oxygen atoms in total. The molecule has 2 heterocycles. The molecule has 2 aromatic rings. The molecule has 1 amide bonds. The smallest absolute Gasteiger partial charge is 0.417 e. The Morgan fingerprint density at radius 2 is 1.82 bits per heavy atom. The molecule has 1 fully saturated rings. The minimum absolute atomic E-state index is 0.0440. The fraction of sp³-hybridized carbons (Fsp3) is 0.292. The summed E-state index contributed by atoms with van der Waals surface area (Å²) in [5, 5.41) is 0.681. The van der Waals surface area contributed by atoms with Crippen molar-refractivity contribution in [3.63, 3.8) is 0 Å². The van der Waals surface area contributed by atoms with Gasteiger partial charge in [0.15, 0.2) is 5.17 Å². The van der Waals surface area contributed by atoms with Crippen molar-refractivity contribution in [2.75, 3.05) is 40.3 Å². The summed E-state index contributed by atoms with van der Waals surface area (Å²) in [4.78, 5) is 21.2. The standard InChI is InChI=1S/C24H22F3N3O2S/c1-29-11-13-30(14-12-29)23-28-22(31)21(33-23)10-8-16-7-9-18(20(15-16)32-2)17-5-3-4-6-19(17)24(25,26)27/h3-9,15H,11-14H2,1-2H3. The summed E-state index contributed by atoms with van der Waals surface area (Å²) in [7, 11) is 3.47. The summed E-state index contributed by atoms with van der Waals surface area (Å²) in [6, 6.07) is 10.3. The van der Waals surface area contributed by atoms with Gasteiger partial charge in [-0.15, -0.1) is 0 Å². The highest BCUT2D eigenvalue weighted by atomic mass is 32.2. The molecular formula is C24H22F3N3O2S. The molecule has 2 aliphatic heterocycles. The first-order valence-corrected chi connectivity index (χ1v) is 11.1. The van der Waals surface area contributed by atoms with Crippen molar-refractivity contribution in [3.8, 4) is 16.9 Å². The van der Waals surface area contributed by atoms with Gasteiger partial charge in [0, 0.05) is 31.7 Å². The fourth-order valence-electron chi connectivity index (χ4n) is 3.65. The lowest BCUT2D eigenvalue weighted by molar-refractivity contribution is -0.137. The molecule has 1 saturated heterocycles. The van der Waals surface area contributed by atoms with E-state index in [1.165, 1.54) is 31.0 Å².